The summed E-state index contributed by atoms with van der Waals surface area (Å²) in [5, 5.41) is 6.50. The van der Waals surface area contributed by atoms with Crippen molar-refractivity contribution in [3.05, 3.63) is 23.8 Å². The molecule has 1 aliphatic heterocycles. The molecule has 132 valence electrons. The van der Waals surface area contributed by atoms with Gasteiger partial charge in [-0.2, -0.15) is 0 Å². The summed E-state index contributed by atoms with van der Waals surface area (Å²) in [5.41, 5.74) is 1.18. The van der Waals surface area contributed by atoms with Crippen molar-refractivity contribution in [2.24, 2.45) is 4.99 Å². The van der Waals surface area contributed by atoms with Gasteiger partial charge in [0.25, 0.3) is 0 Å². The van der Waals surface area contributed by atoms with Crippen LogP contribution in [0.5, 0.6) is 11.5 Å². The number of methoxy groups -OCH3 is 1. The number of unbranched alkanes of at least 4 members (excludes halogenated alkanes) is 1. The van der Waals surface area contributed by atoms with Gasteiger partial charge < -0.3 is 24.8 Å². The van der Waals surface area contributed by atoms with E-state index in [1.54, 1.807) is 7.05 Å². The zero-order chi connectivity index (χ0) is 17.2. The van der Waals surface area contributed by atoms with Crippen molar-refractivity contribution >= 4 is 11.9 Å². The molecule has 0 aromatic heterocycles. The van der Waals surface area contributed by atoms with Crippen LogP contribution in [0.1, 0.15) is 24.8 Å². The molecule has 1 aliphatic rings. The first-order chi connectivity index (χ1) is 11.7. The lowest BCUT2D eigenvalue weighted by molar-refractivity contribution is -0.140. The van der Waals surface area contributed by atoms with Gasteiger partial charge in [0.05, 0.1) is 7.11 Å². The van der Waals surface area contributed by atoms with Crippen molar-refractivity contribution < 1.29 is 19.0 Å². The number of aliphatic imine (C=N–C) groups is 1. The van der Waals surface area contributed by atoms with Crippen molar-refractivity contribution in [1.29, 1.82) is 0 Å². The number of nitrogens with one attached hydrogen (secondary N) is 2. The Morgan fingerprint density at radius 3 is 2.79 bits per heavy atom. The zero-order valence-corrected chi connectivity index (χ0v) is 14.3. The number of ether oxygens (including phenoxy) is 3. The highest BCUT2D eigenvalue weighted by molar-refractivity contribution is 5.79. The predicted molar refractivity (Wildman–Crippen MR) is 91.5 cm³/mol. The Morgan fingerprint density at radius 2 is 2.00 bits per heavy atom. The number of carbonyl (C=O) groups is 1. The van der Waals surface area contributed by atoms with Crippen LogP contribution in [0.3, 0.4) is 0 Å². The summed E-state index contributed by atoms with van der Waals surface area (Å²) >= 11 is 0. The first kappa shape index (κ1) is 17.9. The van der Waals surface area contributed by atoms with Gasteiger partial charge >= 0.3 is 5.97 Å². The van der Waals surface area contributed by atoms with Gasteiger partial charge in [0.1, 0.15) is 0 Å². The second kappa shape index (κ2) is 9.64. The minimum Gasteiger partial charge on any atom is -0.469 e. The lowest BCUT2D eigenvalue weighted by atomic mass is 10.1. The number of rotatable bonds is 8. The fourth-order valence-electron chi connectivity index (χ4n) is 2.35. The molecule has 0 spiro atoms. The van der Waals surface area contributed by atoms with Crippen LogP contribution in [0.25, 0.3) is 0 Å². The normalized spacial score (nSPS) is 12.8. The first-order valence-corrected chi connectivity index (χ1v) is 8.13. The Hall–Kier alpha value is -2.44. The highest BCUT2D eigenvalue weighted by Crippen LogP contribution is 2.32. The van der Waals surface area contributed by atoms with Crippen LogP contribution in [0.2, 0.25) is 0 Å². The average molecular weight is 335 g/mol. The number of hydrogen-bond acceptors (Lipinski definition) is 5. The van der Waals surface area contributed by atoms with Gasteiger partial charge in [0, 0.05) is 26.6 Å². The van der Waals surface area contributed by atoms with Crippen LogP contribution in [0.15, 0.2) is 23.2 Å². The monoisotopic (exact) mass is 335 g/mol. The third-order valence-electron chi connectivity index (χ3n) is 3.69. The summed E-state index contributed by atoms with van der Waals surface area (Å²) in [4.78, 5) is 15.2. The van der Waals surface area contributed by atoms with Crippen LogP contribution in [-0.2, 0) is 16.0 Å². The van der Waals surface area contributed by atoms with Gasteiger partial charge in [0.2, 0.25) is 6.79 Å². The van der Waals surface area contributed by atoms with Crippen LogP contribution < -0.4 is 20.1 Å². The second-order valence-electron chi connectivity index (χ2n) is 5.40. The Balaban J connectivity index is 1.62. The maximum atomic E-state index is 11.0. The van der Waals surface area contributed by atoms with E-state index < -0.39 is 0 Å². The van der Waals surface area contributed by atoms with E-state index in [0.717, 1.165) is 49.8 Å². The topological polar surface area (TPSA) is 81.2 Å². The maximum Gasteiger partial charge on any atom is 0.305 e. The summed E-state index contributed by atoms with van der Waals surface area (Å²) < 4.78 is 15.3. The van der Waals surface area contributed by atoms with Gasteiger partial charge in [-0.3, -0.25) is 9.79 Å². The van der Waals surface area contributed by atoms with E-state index in [4.69, 9.17) is 9.47 Å². The molecule has 0 atom stereocenters. The summed E-state index contributed by atoms with van der Waals surface area (Å²) in [6, 6.07) is 5.98. The minimum atomic E-state index is -0.166. The molecule has 0 aliphatic carbocycles. The van der Waals surface area contributed by atoms with Gasteiger partial charge in [-0.15, -0.1) is 0 Å². The van der Waals surface area contributed by atoms with Crippen molar-refractivity contribution in [3.8, 4) is 11.5 Å². The molecule has 24 heavy (non-hydrogen) atoms. The smallest absolute Gasteiger partial charge is 0.305 e. The van der Waals surface area contributed by atoms with Crippen molar-refractivity contribution in [1.82, 2.24) is 10.6 Å². The second-order valence-corrected chi connectivity index (χ2v) is 5.40. The Bertz CT molecular complexity index is 575. The van der Waals surface area contributed by atoms with Crippen molar-refractivity contribution in [3.63, 3.8) is 0 Å². The lowest BCUT2D eigenvalue weighted by Crippen LogP contribution is -2.38. The molecule has 0 unspecified atom stereocenters. The number of carbonyl (C=O) groups excluding carboxylic acids is 1. The standard InChI is InChI=1S/C17H25N3O4/c1-18-17(19-9-4-3-5-16(21)22-2)20-10-8-13-6-7-14-15(11-13)24-12-23-14/h6-7,11H,3-5,8-10,12H2,1-2H3,(H2,18,19,20). The molecule has 1 aromatic rings. The molecule has 0 fully saturated rings. The van der Waals surface area contributed by atoms with E-state index in [0.29, 0.717) is 13.2 Å². The average Bonchev–Trinajstić information content (AvgIpc) is 3.07. The first-order valence-electron chi connectivity index (χ1n) is 8.13. The van der Waals surface area contributed by atoms with Crippen LogP contribution in [0, 0.1) is 0 Å². The molecule has 1 heterocycles. The molecular weight excluding hydrogens is 310 g/mol. The van der Waals surface area contributed by atoms with E-state index in [2.05, 4.69) is 20.4 Å². The van der Waals surface area contributed by atoms with E-state index in [1.165, 1.54) is 12.7 Å². The molecule has 1 aromatic carbocycles. The number of nitrogens with zero attached hydrogens (tertiary/aromatic N) is 1. The summed E-state index contributed by atoms with van der Waals surface area (Å²) in [5.74, 6) is 2.20. The number of guanidine groups is 1. The molecule has 0 amide bonds. The predicted octanol–water partition coefficient (Wildman–Crippen LogP) is 1.47. The SMILES string of the molecule is CN=C(NCCCCC(=O)OC)NCCc1ccc2c(c1)OCO2. The largest absolute Gasteiger partial charge is 0.469 e. The Kier molecular flexibility index (Phi) is 7.20. The lowest BCUT2D eigenvalue weighted by Gasteiger charge is -2.12. The fraction of sp³-hybridized carbons (Fsp3) is 0.529. The highest BCUT2D eigenvalue weighted by Gasteiger charge is 2.12. The highest BCUT2D eigenvalue weighted by atomic mass is 16.7. The molecule has 7 nitrogen and oxygen atoms in total. The number of hydrogen-bond donors (Lipinski definition) is 2. The molecule has 7 heteroatoms. The van der Waals surface area contributed by atoms with E-state index in [9.17, 15) is 4.79 Å². The Morgan fingerprint density at radius 1 is 1.21 bits per heavy atom. The quantitative estimate of drug-likeness (QED) is 0.324. The summed E-state index contributed by atoms with van der Waals surface area (Å²) in [6.45, 7) is 1.83. The van der Waals surface area contributed by atoms with Gasteiger partial charge in [-0.1, -0.05) is 6.07 Å². The van der Waals surface area contributed by atoms with Gasteiger partial charge in [-0.05, 0) is 37.0 Å². The van der Waals surface area contributed by atoms with Crippen LogP contribution in [0.4, 0.5) is 0 Å². The van der Waals surface area contributed by atoms with E-state index >= 15 is 0 Å². The third-order valence-corrected chi connectivity index (χ3v) is 3.69. The molecule has 0 bridgehead atoms. The van der Waals surface area contributed by atoms with Crippen LogP contribution in [-0.4, -0.2) is 46.0 Å². The maximum absolute atomic E-state index is 11.0. The summed E-state index contributed by atoms with van der Waals surface area (Å²) in [7, 11) is 3.15. The fourth-order valence-corrected chi connectivity index (χ4v) is 2.35. The molecule has 0 radical (unpaired) electrons. The van der Waals surface area contributed by atoms with Gasteiger partial charge in [-0.25, -0.2) is 0 Å². The summed E-state index contributed by atoms with van der Waals surface area (Å²) in [6.07, 6.45) is 3.00. The number of esters is 1. The number of benzene rings is 1. The molecule has 2 N–H and O–H groups in total. The van der Waals surface area contributed by atoms with E-state index in [1.807, 2.05) is 18.2 Å². The Labute approximate surface area is 142 Å². The van der Waals surface area contributed by atoms with Gasteiger partial charge in [0.15, 0.2) is 17.5 Å². The molecule has 0 saturated carbocycles. The molecule has 0 saturated heterocycles. The third kappa shape index (κ3) is 5.64. The van der Waals surface area contributed by atoms with E-state index in [-0.39, 0.29) is 5.97 Å². The number of fused-ring (bicyclic) bond motifs is 1. The zero-order valence-electron chi connectivity index (χ0n) is 14.3. The van der Waals surface area contributed by atoms with Crippen molar-refractivity contribution in [2.45, 2.75) is 25.7 Å². The van der Waals surface area contributed by atoms with Crippen molar-refractivity contribution in [2.75, 3.05) is 34.0 Å². The van der Waals surface area contributed by atoms with Crippen LogP contribution >= 0.6 is 0 Å². The minimum absolute atomic E-state index is 0.166. The molecule has 2 rings (SSSR count). The molecular formula is C17H25N3O4.